The Bertz CT molecular complexity index is 521. The Morgan fingerprint density at radius 3 is 3.00 bits per heavy atom. The summed E-state index contributed by atoms with van der Waals surface area (Å²) in [4.78, 5) is 22.5. The number of hydrogen-bond acceptors (Lipinski definition) is 5. The first-order chi connectivity index (χ1) is 7.72. The van der Waals surface area contributed by atoms with E-state index in [4.69, 9.17) is 0 Å². The van der Waals surface area contributed by atoms with Crippen LogP contribution < -0.4 is 5.32 Å². The number of H-pyrrole nitrogens is 1. The van der Waals surface area contributed by atoms with Crippen molar-refractivity contribution < 1.29 is 9.53 Å². The maximum atomic E-state index is 11.1. The van der Waals surface area contributed by atoms with Crippen molar-refractivity contribution in [3.8, 4) is 0 Å². The molecule has 0 saturated heterocycles. The van der Waals surface area contributed by atoms with E-state index in [9.17, 15) is 4.79 Å². The molecule has 0 aliphatic carbocycles. The molecule has 0 aliphatic rings. The number of nitrogens with zero attached hydrogens (tertiary/aromatic N) is 2. The van der Waals surface area contributed by atoms with Gasteiger partial charge < -0.3 is 15.0 Å². The van der Waals surface area contributed by atoms with E-state index in [1.165, 1.54) is 7.11 Å². The average Bonchev–Trinajstić information content (AvgIpc) is 2.69. The molecule has 2 heterocycles. The number of hydrogen-bond donors (Lipinski definition) is 2. The number of carbonyl (C=O) groups is 1. The second-order valence-electron chi connectivity index (χ2n) is 3.25. The summed E-state index contributed by atoms with van der Waals surface area (Å²) in [6, 6.07) is 3.70. The minimum Gasteiger partial charge on any atom is -0.469 e. The number of imidazole rings is 1. The number of anilines is 1. The van der Waals surface area contributed by atoms with E-state index in [1.807, 2.05) is 12.1 Å². The molecule has 0 saturated carbocycles. The van der Waals surface area contributed by atoms with Crippen molar-refractivity contribution in [2.24, 2.45) is 0 Å². The molecule has 0 aliphatic heterocycles. The summed E-state index contributed by atoms with van der Waals surface area (Å²) in [6.07, 6.45) is 0.127. The van der Waals surface area contributed by atoms with Crippen molar-refractivity contribution in [2.45, 2.75) is 6.42 Å². The summed E-state index contributed by atoms with van der Waals surface area (Å²) < 4.78 is 4.56. The zero-order valence-corrected chi connectivity index (χ0v) is 9.07. The van der Waals surface area contributed by atoms with Crippen LogP contribution in [0.2, 0.25) is 0 Å². The molecule has 2 rings (SSSR count). The number of aromatic nitrogens is 3. The van der Waals surface area contributed by atoms with Gasteiger partial charge in [0.2, 0.25) is 0 Å². The molecule has 84 valence electrons. The number of carbonyl (C=O) groups excluding carboxylic acids is 1. The third-order valence-electron chi connectivity index (χ3n) is 2.19. The van der Waals surface area contributed by atoms with Gasteiger partial charge in [0.1, 0.15) is 18.1 Å². The van der Waals surface area contributed by atoms with Crippen molar-refractivity contribution in [1.29, 1.82) is 0 Å². The Labute approximate surface area is 92.0 Å². The van der Waals surface area contributed by atoms with Gasteiger partial charge in [-0.3, -0.25) is 4.79 Å². The maximum Gasteiger partial charge on any atom is 0.313 e. The molecule has 0 spiro atoms. The van der Waals surface area contributed by atoms with Gasteiger partial charge in [-0.1, -0.05) is 0 Å². The molecular formula is C10H12N4O2. The first-order valence-corrected chi connectivity index (χ1v) is 4.83. The number of aromatic amines is 1. The molecule has 0 aromatic carbocycles. The van der Waals surface area contributed by atoms with Crippen LogP contribution in [0.15, 0.2) is 12.1 Å². The van der Waals surface area contributed by atoms with E-state index in [-0.39, 0.29) is 12.4 Å². The largest absolute Gasteiger partial charge is 0.469 e. The highest BCUT2D eigenvalue weighted by atomic mass is 16.5. The summed E-state index contributed by atoms with van der Waals surface area (Å²) in [5.41, 5.74) is 1.39. The molecule has 6 nitrogen and oxygen atoms in total. The van der Waals surface area contributed by atoms with E-state index >= 15 is 0 Å². The zero-order valence-electron chi connectivity index (χ0n) is 9.07. The van der Waals surface area contributed by atoms with Gasteiger partial charge in [0.05, 0.1) is 12.6 Å². The van der Waals surface area contributed by atoms with Crippen LogP contribution in [0.5, 0.6) is 0 Å². The number of fused-ring (bicyclic) bond motifs is 1. The lowest BCUT2D eigenvalue weighted by atomic mass is 10.4. The van der Waals surface area contributed by atoms with Crippen molar-refractivity contribution >= 4 is 23.0 Å². The molecule has 0 amide bonds. The average molecular weight is 220 g/mol. The third kappa shape index (κ3) is 1.95. The minimum atomic E-state index is -0.326. The highest BCUT2D eigenvalue weighted by Crippen LogP contribution is 2.12. The molecule has 2 aromatic rings. The summed E-state index contributed by atoms with van der Waals surface area (Å²) in [6.45, 7) is 0. The third-order valence-corrected chi connectivity index (χ3v) is 2.19. The summed E-state index contributed by atoms with van der Waals surface area (Å²) in [5.74, 6) is 0.971. The molecule has 6 heteroatoms. The van der Waals surface area contributed by atoms with Crippen LogP contribution in [0.25, 0.3) is 11.2 Å². The van der Waals surface area contributed by atoms with Crippen molar-refractivity contribution in [1.82, 2.24) is 15.0 Å². The van der Waals surface area contributed by atoms with Gasteiger partial charge in [0, 0.05) is 7.05 Å². The van der Waals surface area contributed by atoms with Gasteiger partial charge in [-0.15, -0.1) is 0 Å². The lowest BCUT2D eigenvalue weighted by Gasteiger charge is -1.95. The van der Waals surface area contributed by atoms with Gasteiger partial charge in [-0.05, 0) is 12.1 Å². The topological polar surface area (TPSA) is 79.9 Å². The van der Waals surface area contributed by atoms with Crippen LogP contribution in [0.3, 0.4) is 0 Å². The summed E-state index contributed by atoms with van der Waals surface area (Å²) >= 11 is 0. The molecule has 0 atom stereocenters. The van der Waals surface area contributed by atoms with Crippen LogP contribution in [-0.4, -0.2) is 35.1 Å². The number of methoxy groups -OCH3 is 1. The van der Waals surface area contributed by atoms with Crippen molar-refractivity contribution in [3.05, 3.63) is 18.0 Å². The van der Waals surface area contributed by atoms with Crippen molar-refractivity contribution in [3.63, 3.8) is 0 Å². The molecule has 2 aromatic heterocycles. The lowest BCUT2D eigenvalue weighted by molar-refractivity contribution is -0.139. The first kappa shape index (κ1) is 10.4. The Hall–Kier alpha value is -2.11. The highest BCUT2D eigenvalue weighted by Gasteiger charge is 2.09. The number of pyridine rings is 1. The maximum absolute atomic E-state index is 11.1. The normalized spacial score (nSPS) is 10.4. The molecule has 0 radical (unpaired) electrons. The van der Waals surface area contributed by atoms with Crippen molar-refractivity contribution in [2.75, 3.05) is 19.5 Å². The fraction of sp³-hybridized carbons (Fsp3) is 0.300. The molecular weight excluding hydrogens is 208 g/mol. The first-order valence-electron chi connectivity index (χ1n) is 4.83. The predicted octanol–water partition coefficient (Wildman–Crippen LogP) is 0.715. The van der Waals surface area contributed by atoms with Gasteiger partial charge in [0.25, 0.3) is 0 Å². The number of esters is 1. The monoisotopic (exact) mass is 220 g/mol. The molecule has 16 heavy (non-hydrogen) atoms. The standard InChI is InChI=1S/C10H12N4O2/c1-11-7-4-3-6-10(13-7)14-8(12-6)5-9(15)16-2/h3-4H,5H2,1-2H3,(H2,11,12,13,14). The molecule has 0 bridgehead atoms. The van der Waals surface area contributed by atoms with Gasteiger partial charge in [-0.25, -0.2) is 9.97 Å². The number of ether oxygens (including phenoxy) is 1. The fourth-order valence-corrected chi connectivity index (χ4v) is 1.37. The minimum absolute atomic E-state index is 0.127. The summed E-state index contributed by atoms with van der Waals surface area (Å²) in [7, 11) is 3.14. The Balaban J connectivity index is 2.32. The van der Waals surface area contributed by atoms with Crippen LogP contribution in [0, 0.1) is 0 Å². The van der Waals surface area contributed by atoms with Crippen LogP contribution >= 0.6 is 0 Å². The highest BCUT2D eigenvalue weighted by molar-refractivity contribution is 5.76. The second-order valence-corrected chi connectivity index (χ2v) is 3.25. The SMILES string of the molecule is CNc1ccc2[nH]c(CC(=O)OC)nc2n1. The van der Waals surface area contributed by atoms with Crippen LogP contribution in [0.1, 0.15) is 5.82 Å². The summed E-state index contributed by atoms with van der Waals surface area (Å²) in [5, 5.41) is 2.92. The second kappa shape index (κ2) is 4.18. The predicted molar refractivity (Wildman–Crippen MR) is 59.2 cm³/mol. The van der Waals surface area contributed by atoms with Gasteiger partial charge in [-0.2, -0.15) is 0 Å². The Kier molecular flexibility index (Phi) is 2.72. The Morgan fingerprint density at radius 1 is 1.50 bits per heavy atom. The molecule has 0 unspecified atom stereocenters. The van der Waals surface area contributed by atoms with E-state index in [2.05, 4.69) is 25.0 Å². The van der Waals surface area contributed by atoms with Gasteiger partial charge in [0.15, 0.2) is 5.65 Å². The van der Waals surface area contributed by atoms with E-state index < -0.39 is 0 Å². The number of rotatable bonds is 3. The molecule has 2 N–H and O–H groups in total. The lowest BCUT2D eigenvalue weighted by Crippen LogP contribution is -2.05. The van der Waals surface area contributed by atoms with E-state index in [0.29, 0.717) is 11.5 Å². The smallest absolute Gasteiger partial charge is 0.313 e. The van der Waals surface area contributed by atoms with E-state index in [0.717, 1.165) is 11.3 Å². The zero-order chi connectivity index (χ0) is 11.5. The van der Waals surface area contributed by atoms with Gasteiger partial charge >= 0.3 is 5.97 Å². The Morgan fingerprint density at radius 2 is 2.31 bits per heavy atom. The number of nitrogens with one attached hydrogen (secondary N) is 2. The fourth-order valence-electron chi connectivity index (χ4n) is 1.37. The van der Waals surface area contributed by atoms with E-state index in [1.54, 1.807) is 7.05 Å². The quantitative estimate of drug-likeness (QED) is 0.745. The van der Waals surface area contributed by atoms with Crippen LogP contribution in [-0.2, 0) is 16.0 Å². The molecule has 0 fully saturated rings. The van der Waals surface area contributed by atoms with Crippen LogP contribution in [0.4, 0.5) is 5.82 Å².